The first-order valence-corrected chi connectivity index (χ1v) is 8.32. The summed E-state index contributed by atoms with van der Waals surface area (Å²) in [5.41, 5.74) is 2.20. The number of nitrogens with one attached hydrogen (secondary N) is 1. The molecule has 9 heteroatoms. The van der Waals surface area contributed by atoms with Crippen LogP contribution in [0.15, 0.2) is 29.9 Å². The molecule has 1 amide bonds. The Hall–Kier alpha value is -1.74. The minimum atomic E-state index is -0.597. The summed E-state index contributed by atoms with van der Waals surface area (Å²) in [5.74, 6) is 0.0432. The third kappa shape index (κ3) is 3.10. The zero-order valence-electron chi connectivity index (χ0n) is 12.9. The number of amides is 1. The van der Waals surface area contributed by atoms with E-state index in [9.17, 15) is 4.79 Å². The first-order chi connectivity index (χ1) is 11.2. The lowest BCUT2D eigenvalue weighted by atomic mass is 9.73. The summed E-state index contributed by atoms with van der Waals surface area (Å²) >= 11 is 1.81. The Morgan fingerprint density at radius 1 is 1.29 bits per heavy atom. The Morgan fingerprint density at radius 3 is 2.58 bits per heavy atom. The molecule has 1 spiro atoms. The number of halogens is 1. The number of hydrogen-bond acceptors (Lipinski definition) is 7. The van der Waals surface area contributed by atoms with Crippen molar-refractivity contribution in [2.75, 3.05) is 31.1 Å². The number of aromatic nitrogens is 2. The molecule has 0 bridgehead atoms. The number of nitrogens with zero attached hydrogens (tertiary/aromatic N) is 4. The zero-order valence-corrected chi connectivity index (χ0v) is 14.5. The van der Waals surface area contributed by atoms with Gasteiger partial charge in [-0.15, -0.1) is 23.7 Å². The van der Waals surface area contributed by atoms with E-state index in [1.165, 1.54) is 17.3 Å². The third-order valence-electron chi connectivity index (χ3n) is 4.41. The molecule has 0 saturated carbocycles. The molecule has 7 nitrogen and oxygen atoms in total. The molecule has 4 rings (SSSR count). The van der Waals surface area contributed by atoms with Gasteiger partial charge in [0.05, 0.1) is 5.56 Å². The summed E-state index contributed by atoms with van der Waals surface area (Å²) in [6.07, 6.45) is 2.87. The Balaban J connectivity index is 0.00000169. The van der Waals surface area contributed by atoms with Crippen molar-refractivity contribution >= 4 is 35.6 Å². The molecule has 4 heterocycles. The van der Waals surface area contributed by atoms with Gasteiger partial charge < -0.3 is 4.90 Å². The molecule has 2 aromatic rings. The summed E-state index contributed by atoms with van der Waals surface area (Å²) < 4.78 is 0. The van der Waals surface area contributed by atoms with Gasteiger partial charge in [0, 0.05) is 55.4 Å². The molecule has 24 heavy (non-hydrogen) atoms. The molecule has 0 aromatic carbocycles. The Kier molecular flexibility index (Phi) is 4.73. The number of thiophene rings is 1. The quantitative estimate of drug-likeness (QED) is 0.628. The second-order valence-corrected chi connectivity index (χ2v) is 7.33. The lowest BCUT2D eigenvalue weighted by Gasteiger charge is -2.60. The molecule has 0 aliphatic carbocycles. The summed E-state index contributed by atoms with van der Waals surface area (Å²) in [5, 5.41) is 10.7. The van der Waals surface area contributed by atoms with Crippen LogP contribution in [0.3, 0.4) is 0 Å². The van der Waals surface area contributed by atoms with E-state index in [0.29, 0.717) is 11.4 Å². The van der Waals surface area contributed by atoms with Crippen LogP contribution in [0.2, 0.25) is 0 Å². The van der Waals surface area contributed by atoms with Crippen molar-refractivity contribution in [3.8, 4) is 0 Å². The van der Waals surface area contributed by atoms with Gasteiger partial charge >= 0.3 is 0 Å². The number of likely N-dealkylation sites (tertiary alicyclic amines) is 1. The van der Waals surface area contributed by atoms with Gasteiger partial charge in [-0.1, -0.05) is 6.07 Å². The van der Waals surface area contributed by atoms with E-state index in [2.05, 4.69) is 37.3 Å². The van der Waals surface area contributed by atoms with E-state index in [1.807, 2.05) is 0 Å². The lowest BCUT2D eigenvalue weighted by Crippen LogP contribution is -2.72. The highest BCUT2D eigenvalue weighted by atomic mass is 35.5. The van der Waals surface area contributed by atoms with Crippen LogP contribution in [0.5, 0.6) is 0 Å². The minimum absolute atomic E-state index is 0. The Morgan fingerprint density at radius 2 is 2.00 bits per heavy atom. The van der Waals surface area contributed by atoms with Gasteiger partial charge in [0.1, 0.15) is 0 Å². The second kappa shape index (κ2) is 6.64. The molecule has 2 aliphatic heterocycles. The maximum atomic E-state index is 11.2. The minimum Gasteiger partial charge on any atom is -0.339 e. The standard InChI is InChI=1S/C15H17N5O2S.ClH/c21-13(18-22)11-4-16-14(17-5-11)20-9-15(10-20)7-19(8-15)6-12-2-1-3-23-12;/h1-5,22H,6-10H2,(H,18,21);1H. The van der Waals surface area contributed by atoms with Gasteiger partial charge in [0.2, 0.25) is 5.95 Å². The summed E-state index contributed by atoms with van der Waals surface area (Å²) in [7, 11) is 0. The van der Waals surface area contributed by atoms with Gasteiger partial charge in [-0.2, -0.15) is 0 Å². The van der Waals surface area contributed by atoms with E-state index >= 15 is 0 Å². The molecule has 2 N–H and O–H groups in total. The van der Waals surface area contributed by atoms with Crippen LogP contribution in [-0.4, -0.2) is 52.2 Å². The van der Waals surface area contributed by atoms with Gasteiger partial charge in [0.25, 0.3) is 5.91 Å². The molecule has 0 unspecified atom stereocenters. The average Bonchev–Trinajstić information content (AvgIpc) is 3.01. The molecule has 2 saturated heterocycles. The number of hydroxylamine groups is 1. The highest BCUT2D eigenvalue weighted by molar-refractivity contribution is 7.09. The van der Waals surface area contributed by atoms with Gasteiger partial charge in [-0.3, -0.25) is 14.9 Å². The SMILES string of the molecule is Cl.O=C(NO)c1cnc(N2CC3(CN(Cc4cccs4)C3)C2)nc1. The van der Waals surface area contributed by atoms with Crippen LogP contribution in [0.25, 0.3) is 0 Å². The van der Waals surface area contributed by atoms with Crippen molar-refractivity contribution in [2.24, 2.45) is 5.41 Å². The van der Waals surface area contributed by atoms with Crippen molar-refractivity contribution < 1.29 is 10.0 Å². The predicted octanol–water partition coefficient (Wildman–Crippen LogP) is 1.40. The smallest absolute Gasteiger partial charge is 0.277 e. The van der Waals surface area contributed by atoms with Crippen LogP contribution < -0.4 is 10.4 Å². The van der Waals surface area contributed by atoms with Crippen LogP contribution in [0.4, 0.5) is 5.95 Å². The summed E-state index contributed by atoms with van der Waals surface area (Å²) in [6, 6.07) is 4.28. The van der Waals surface area contributed by atoms with E-state index in [0.717, 1.165) is 32.7 Å². The van der Waals surface area contributed by atoms with Crippen molar-refractivity contribution in [3.63, 3.8) is 0 Å². The number of carbonyl (C=O) groups excluding carboxylic acids is 1. The molecule has 2 aromatic heterocycles. The fourth-order valence-electron chi connectivity index (χ4n) is 3.41. The highest BCUT2D eigenvalue weighted by Crippen LogP contribution is 2.41. The van der Waals surface area contributed by atoms with E-state index in [1.54, 1.807) is 16.8 Å². The van der Waals surface area contributed by atoms with E-state index in [4.69, 9.17) is 5.21 Å². The topological polar surface area (TPSA) is 81.6 Å². The maximum absolute atomic E-state index is 11.2. The largest absolute Gasteiger partial charge is 0.339 e. The third-order valence-corrected chi connectivity index (χ3v) is 5.28. The highest BCUT2D eigenvalue weighted by Gasteiger charge is 2.52. The van der Waals surface area contributed by atoms with Crippen molar-refractivity contribution in [3.05, 3.63) is 40.3 Å². The lowest BCUT2D eigenvalue weighted by molar-refractivity contribution is -0.0274. The summed E-state index contributed by atoms with van der Waals surface area (Å²) in [4.78, 5) is 25.7. The van der Waals surface area contributed by atoms with Gasteiger partial charge in [0.15, 0.2) is 0 Å². The first kappa shape index (κ1) is 17.1. The molecular weight excluding hydrogens is 350 g/mol. The van der Waals surface area contributed by atoms with Crippen LogP contribution >= 0.6 is 23.7 Å². The number of rotatable bonds is 4. The number of carbonyl (C=O) groups is 1. The average molecular weight is 368 g/mol. The van der Waals surface area contributed by atoms with Crippen molar-refractivity contribution in [1.29, 1.82) is 0 Å². The van der Waals surface area contributed by atoms with Crippen LogP contribution in [0.1, 0.15) is 15.2 Å². The molecular formula is C15H18ClN5O2S. The monoisotopic (exact) mass is 367 g/mol. The zero-order chi connectivity index (χ0) is 15.9. The molecule has 0 radical (unpaired) electrons. The summed E-state index contributed by atoms with van der Waals surface area (Å²) in [6.45, 7) is 5.19. The molecule has 0 atom stereocenters. The predicted molar refractivity (Wildman–Crippen MR) is 92.8 cm³/mol. The van der Waals surface area contributed by atoms with E-state index in [-0.39, 0.29) is 18.0 Å². The van der Waals surface area contributed by atoms with Gasteiger partial charge in [-0.25, -0.2) is 15.4 Å². The fourth-order valence-corrected chi connectivity index (χ4v) is 4.15. The van der Waals surface area contributed by atoms with E-state index < -0.39 is 5.91 Å². The molecule has 2 fully saturated rings. The maximum Gasteiger partial charge on any atom is 0.277 e. The number of anilines is 1. The Bertz CT molecular complexity index is 695. The van der Waals surface area contributed by atoms with Crippen LogP contribution in [0, 0.1) is 5.41 Å². The van der Waals surface area contributed by atoms with Gasteiger partial charge in [-0.05, 0) is 11.4 Å². The van der Waals surface area contributed by atoms with Crippen molar-refractivity contribution in [1.82, 2.24) is 20.3 Å². The van der Waals surface area contributed by atoms with Crippen LogP contribution in [-0.2, 0) is 6.54 Å². The number of hydrogen-bond donors (Lipinski definition) is 2. The fraction of sp³-hybridized carbons (Fsp3) is 0.400. The molecule has 2 aliphatic rings. The molecule has 128 valence electrons. The normalized spacial score (nSPS) is 18.5. The Labute approximate surface area is 149 Å². The van der Waals surface area contributed by atoms with Crippen molar-refractivity contribution in [2.45, 2.75) is 6.54 Å². The first-order valence-electron chi connectivity index (χ1n) is 7.44. The second-order valence-electron chi connectivity index (χ2n) is 6.29.